The van der Waals surface area contributed by atoms with Crippen LogP contribution in [0.15, 0.2) is 54.7 Å². The SMILES string of the molecule is Cc1cn2c(n1)C(NC(=O)C1(NC(=O)c3ccc(Cl)cc3)CC1)CCc1ccccc1-2. The smallest absolute Gasteiger partial charge is 0.252 e. The number of aromatic nitrogens is 2. The van der Waals surface area contributed by atoms with Crippen molar-refractivity contribution in [2.45, 2.75) is 44.2 Å². The zero-order chi connectivity index (χ0) is 21.6. The van der Waals surface area contributed by atoms with E-state index in [-0.39, 0.29) is 17.9 Å². The zero-order valence-electron chi connectivity index (χ0n) is 17.2. The van der Waals surface area contributed by atoms with E-state index in [1.165, 1.54) is 5.56 Å². The molecule has 1 atom stereocenters. The summed E-state index contributed by atoms with van der Waals surface area (Å²) in [7, 11) is 0. The van der Waals surface area contributed by atoms with Crippen LogP contribution in [0.2, 0.25) is 5.02 Å². The van der Waals surface area contributed by atoms with Crippen molar-refractivity contribution >= 4 is 23.4 Å². The molecule has 1 fully saturated rings. The first-order valence-electron chi connectivity index (χ1n) is 10.5. The highest BCUT2D eigenvalue weighted by Crippen LogP contribution is 2.38. The third kappa shape index (κ3) is 3.72. The van der Waals surface area contributed by atoms with Crippen LogP contribution in [0.1, 0.15) is 52.7 Å². The van der Waals surface area contributed by atoms with Crippen molar-refractivity contribution in [2.75, 3.05) is 0 Å². The maximum Gasteiger partial charge on any atom is 0.252 e. The van der Waals surface area contributed by atoms with E-state index in [0.717, 1.165) is 30.0 Å². The Kier molecular flexibility index (Phi) is 4.82. The average molecular weight is 435 g/mol. The molecule has 2 aliphatic rings. The van der Waals surface area contributed by atoms with E-state index in [0.29, 0.717) is 23.4 Å². The van der Waals surface area contributed by atoms with Crippen LogP contribution in [0.5, 0.6) is 0 Å². The van der Waals surface area contributed by atoms with Crippen molar-refractivity contribution in [1.29, 1.82) is 0 Å². The largest absolute Gasteiger partial charge is 0.344 e. The number of hydrogen-bond donors (Lipinski definition) is 2. The first-order valence-corrected chi connectivity index (χ1v) is 10.9. The average Bonchev–Trinajstić information content (AvgIpc) is 3.47. The summed E-state index contributed by atoms with van der Waals surface area (Å²) in [6.45, 7) is 1.96. The van der Waals surface area contributed by atoms with Crippen LogP contribution < -0.4 is 10.6 Å². The number of amides is 2. The van der Waals surface area contributed by atoms with Gasteiger partial charge in [0.15, 0.2) is 0 Å². The first kappa shape index (κ1) is 19.8. The molecule has 2 amide bonds. The monoisotopic (exact) mass is 434 g/mol. The van der Waals surface area contributed by atoms with E-state index in [9.17, 15) is 9.59 Å². The minimum absolute atomic E-state index is 0.155. The highest BCUT2D eigenvalue weighted by molar-refractivity contribution is 6.30. The molecular weight excluding hydrogens is 412 g/mol. The van der Waals surface area contributed by atoms with E-state index < -0.39 is 5.54 Å². The van der Waals surface area contributed by atoms with E-state index in [1.807, 2.05) is 25.3 Å². The molecule has 0 bridgehead atoms. The molecule has 1 unspecified atom stereocenters. The topological polar surface area (TPSA) is 76.0 Å². The summed E-state index contributed by atoms with van der Waals surface area (Å²) in [6, 6.07) is 14.7. The Labute approximate surface area is 185 Å². The van der Waals surface area contributed by atoms with Crippen LogP contribution in [0.3, 0.4) is 0 Å². The maximum atomic E-state index is 13.2. The van der Waals surface area contributed by atoms with Crippen molar-refractivity contribution in [3.63, 3.8) is 0 Å². The number of nitrogens with zero attached hydrogens (tertiary/aromatic N) is 2. The molecule has 6 nitrogen and oxygen atoms in total. The number of rotatable bonds is 4. The third-order valence-corrected chi connectivity index (χ3v) is 6.32. The fourth-order valence-electron chi connectivity index (χ4n) is 4.20. The summed E-state index contributed by atoms with van der Waals surface area (Å²) in [4.78, 5) is 30.6. The Morgan fingerprint density at radius 1 is 1.13 bits per heavy atom. The van der Waals surface area contributed by atoms with Gasteiger partial charge < -0.3 is 15.2 Å². The number of carbonyl (C=O) groups is 2. The molecule has 1 saturated carbocycles. The number of para-hydroxylation sites is 1. The molecule has 1 aliphatic carbocycles. The number of imidazole rings is 1. The molecule has 5 rings (SSSR count). The Bertz CT molecular complexity index is 1160. The minimum atomic E-state index is -0.859. The number of nitrogens with one attached hydrogen (secondary N) is 2. The normalized spacial score (nSPS) is 18.3. The van der Waals surface area contributed by atoms with Gasteiger partial charge in [-0.2, -0.15) is 0 Å². The summed E-state index contributed by atoms with van der Waals surface area (Å²) in [6.07, 6.45) is 4.85. The summed E-state index contributed by atoms with van der Waals surface area (Å²) < 4.78 is 2.08. The molecule has 158 valence electrons. The van der Waals surface area contributed by atoms with Gasteiger partial charge in [0, 0.05) is 22.5 Å². The molecule has 0 radical (unpaired) electrons. The summed E-state index contributed by atoms with van der Waals surface area (Å²) >= 11 is 5.91. The second-order valence-electron chi connectivity index (χ2n) is 8.35. The predicted molar refractivity (Wildman–Crippen MR) is 118 cm³/mol. The summed E-state index contributed by atoms with van der Waals surface area (Å²) in [5.41, 5.74) is 2.87. The van der Waals surface area contributed by atoms with Gasteiger partial charge in [-0.1, -0.05) is 29.8 Å². The van der Waals surface area contributed by atoms with Crippen molar-refractivity contribution in [1.82, 2.24) is 20.2 Å². The van der Waals surface area contributed by atoms with Crippen molar-refractivity contribution in [3.8, 4) is 5.69 Å². The van der Waals surface area contributed by atoms with Crippen LogP contribution in [0.4, 0.5) is 0 Å². The number of hydrogen-bond acceptors (Lipinski definition) is 3. The predicted octanol–water partition coefficient (Wildman–Crippen LogP) is 3.90. The molecule has 3 aromatic rings. The number of aryl methyl sites for hydroxylation is 2. The molecule has 7 heteroatoms. The lowest BCUT2D eigenvalue weighted by molar-refractivity contribution is -0.124. The van der Waals surface area contributed by atoms with Gasteiger partial charge in [-0.3, -0.25) is 9.59 Å². The number of fused-ring (bicyclic) bond motifs is 3. The Hall–Kier alpha value is -3.12. The first-order chi connectivity index (χ1) is 14.9. The van der Waals surface area contributed by atoms with Gasteiger partial charge in [0.1, 0.15) is 11.4 Å². The lowest BCUT2D eigenvalue weighted by atomic mass is 10.0. The van der Waals surface area contributed by atoms with Crippen molar-refractivity contribution in [2.24, 2.45) is 0 Å². The molecule has 31 heavy (non-hydrogen) atoms. The molecule has 0 saturated heterocycles. The summed E-state index contributed by atoms with van der Waals surface area (Å²) in [5, 5.41) is 6.67. The lowest BCUT2D eigenvalue weighted by Crippen LogP contribution is -2.50. The third-order valence-electron chi connectivity index (χ3n) is 6.07. The van der Waals surface area contributed by atoms with Crippen molar-refractivity contribution < 1.29 is 9.59 Å². The lowest BCUT2D eigenvalue weighted by Gasteiger charge is -2.22. The fourth-order valence-corrected chi connectivity index (χ4v) is 4.33. The van der Waals surface area contributed by atoms with Crippen LogP contribution in [0.25, 0.3) is 5.69 Å². The van der Waals surface area contributed by atoms with E-state index in [1.54, 1.807) is 24.3 Å². The maximum absolute atomic E-state index is 13.2. The van der Waals surface area contributed by atoms with Gasteiger partial charge in [0.25, 0.3) is 5.91 Å². The van der Waals surface area contributed by atoms with Gasteiger partial charge in [-0.15, -0.1) is 0 Å². The molecular formula is C24H23ClN4O2. The van der Waals surface area contributed by atoms with Gasteiger partial charge in [0.05, 0.1) is 11.7 Å². The van der Waals surface area contributed by atoms with Crippen molar-refractivity contribution in [3.05, 3.63) is 82.4 Å². The van der Waals surface area contributed by atoms with Gasteiger partial charge in [-0.05, 0) is 68.5 Å². The molecule has 2 N–H and O–H groups in total. The van der Waals surface area contributed by atoms with E-state index in [4.69, 9.17) is 16.6 Å². The second kappa shape index (κ2) is 7.54. The molecule has 2 heterocycles. The molecule has 1 aromatic heterocycles. The fraction of sp³-hybridized carbons (Fsp3) is 0.292. The number of halogens is 1. The standard InChI is InChI=1S/C24H23ClN4O2/c1-15-14-29-20-5-3-2-4-16(20)8-11-19(21(29)26-15)27-23(31)24(12-13-24)28-22(30)17-6-9-18(25)10-7-17/h2-7,9-10,14,19H,8,11-13H2,1H3,(H,27,31)(H,28,30). The molecule has 2 aromatic carbocycles. The van der Waals surface area contributed by atoms with Gasteiger partial charge >= 0.3 is 0 Å². The van der Waals surface area contributed by atoms with Crippen LogP contribution >= 0.6 is 11.6 Å². The van der Waals surface area contributed by atoms with E-state index in [2.05, 4.69) is 27.3 Å². The van der Waals surface area contributed by atoms with Gasteiger partial charge in [-0.25, -0.2) is 4.98 Å². The Balaban J connectivity index is 1.36. The van der Waals surface area contributed by atoms with Gasteiger partial charge in [0.2, 0.25) is 5.91 Å². The number of benzene rings is 2. The van der Waals surface area contributed by atoms with Crippen LogP contribution in [0, 0.1) is 6.92 Å². The zero-order valence-corrected chi connectivity index (χ0v) is 17.9. The molecule has 1 aliphatic heterocycles. The quantitative estimate of drug-likeness (QED) is 0.653. The van der Waals surface area contributed by atoms with Crippen LogP contribution in [-0.4, -0.2) is 26.9 Å². The summed E-state index contributed by atoms with van der Waals surface area (Å²) in [5.74, 6) is 0.406. The van der Waals surface area contributed by atoms with Crippen LogP contribution in [-0.2, 0) is 11.2 Å². The number of carbonyl (C=O) groups excluding carboxylic acids is 2. The minimum Gasteiger partial charge on any atom is -0.344 e. The Morgan fingerprint density at radius 3 is 2.61 bits per heavy atom. The highest BCUT2D eigenvalue weighted by Gasteiger charge is 2.52. The van der Waals surface area contributed by atoms with E-state index >= 15 is 0 Å². The highest BCUT2D eigenvalue weighted by atomic mass is 35.5. The molecule has 0 spiro atoms. The Morgan fingerprint density at radius 2 is 1.87 bits per heavy atom. The second-order valence-corrected chi connectivity index (χ2v) is 8.78.